The molecule has 0 fully saturated rings. The number of aromatic nitrogens is 3. The number of para-hydroxylation sites is 1. The number of hydrogen-bond acceptors (Lipinski definition) is 4. The number of amides is 1. The van der Waals surface area contributed by atoms with E-state index in [1.54, 1.807) is 0 Å². The van der Waals surface area contributed by atoms with Crippen molar-refractivity contribution in [2.75, 3.05) is 11.9 Å². The molecule has 2 aromatic heterocycles. The van der Waals surface area contributed by atoms with Crippen molar-refractivity contribution in [2.45, 2.75) is 26.8 Å². The number of ether oxygens (including phenoxy) is 1. The predicted molar refractivity (Wildman–Crippen MR) is 111 cm³/mol. The Morgan fingerprint density at radius 1 is 1.14 bits per heavy atom. The lowest BCUT2D eigenvalue weighted by Crippen LogP contribution is -2.20. The van der Waals surface area contributed by atoms with Gasteiger partial charge in [-0.05, 0) is 37.6 Å². The van der Waals surface area contributed by atoms with E-state index < -0.39 is 0 Å². The molecule has 6 nitrogen and oxygen atoms in total. The van der Waals surface area contributed by atoms with Crippen molar-refractivity contribution >= 4 is 33.7 Å². The van der Waals surface area contributed by atoms with Crippen molar-refractivity contribution in [3.8, 4) is 5.75 Å². The van der Waals surface area contributed by atoms with E-state index >= 15 is 0 Å². The van der Waals surface area contributed by atoms with Crippen LogP contribution in [0.1, 0.15) is 18.9 Å². The lowest BCUT2D eigenvalue weighted by Gasteiger charge is -2.06. The maximum Gasteiger partial charge on any atom is 0.263 e. The second-order valence-corrected chi connectivity index (χ2v) is 6.77. The lowest BCUT2D eigenvalue weighted by molar-refractivity contribution is -0.118. The van der Waals surface area contributed by atoms with Crippen molar-refractivity contribution in [1.29, 1.82) is 0 Å². The minimum atomic E-state index is -0.253. The van der Waals surface area contributed by atoms with Crippen LogP contribution in [0.15, 0.2) is 54.6 Å². The third-order valence-corrected chi connectivity index (χ3v) is 4.51. The Labute approximate surface area is 163 Å². The molecular formula is C22H22N4O2. The molecule has 0 saturated carbocycles. The molecule has 2 aromatic carbocycles. The molecule has 0 unspecified atom stereocenters. The largest absolute Gasteiger partial charge is 0.484 e. The van der Waals surface area contributed by atoms with Crippen LogP contribution in [0.4, 0.5) is 5.82 Å². The van der Waals surface area contributed by atoms with Crippen LogP contribution in [0.25, 0.3) is 21.9 Å². The molecule has 0 aliphatic carbocycles. The third kappa shape index (κ3) is 3.67. The molecule has 0 spiro atoms. The Balaban J connectivity index is 1.59. The van der Waals surface area contributed by atoms with Gasteiger partial charge in [-0.15, -0.1) is 0 Å². The molecule has 0 bridgehead atoms. The Bertz CT molecular complexity index is 1130. The highest BCUT2D eigenvalue weighted by Crippen LogP contribution is 2.26. The van der Waals surface area contributed by atoms with Crippen LogP contribution in [-0.2, 0) is 11.3 Å². The van der Waals surface area contributed by atoms with Gasteiger partial charge in [0.15, 0.2) is 18.1 Å². The first kappa shape index (κ1) is 18.0. The van der Waals surface area contributed by atoms with Crippen molar-refractivity contribution in [1.82, 2.24) is 14.8 Å². The average Bonchev–Trinajstić information content (AvgIpc) is 3.02. The third-order valence-electron chi connectivity index (χ3n) is 4.51. The summed E-state index contributed by atoms with van der Waals surface area (Å²) in [6, 6.07) is 17.5. The van der Waals surface area contributed by atoms with Gasteiger partial charge in [0.05, 0.1) is 10.9 Å². The summed E-state index contributed by atoms with van der Waals surface area (Å²) in [4.78, 5) is 17.2. The maximum absolute atomic E-state index is 12.4. The first-order valence-electron chi connectivity index (χ1n) is 9.39. The molecule has 1 N–H and O–H groups in total. The number of nitrogens with zero attached hydrogens (tertiary/aromatic N) is 3. The minimum Gasteiger partial charge on any atom is -0.484 e. The smallest absolute Gasteiger partial charge is 0.263 e. The van der Waals surface area contributed by atoms with Crippen molar-refractivity contribution in [3.63, 3.8) is 0 Å². The Kier molecular flexibility index (Phi) is 4.93. The molecule has 0 aliphatic heterocycles. The summed E-state index contributed by atoms with van der Waals surface area (Å²) in [5, 5.41) is 9.29. The Morgan fingerprint density at radius 2 is 1.93 bits per heavy atom. The van der Waals surface area contributed by atoms with Gasteiger partial charge in [-0.3, -0.25) is 4.79 Å². The summed E-state index contributed by atoms with van der Waals surface area (Å²) in [6.45, 7) is 4.75. The second kappa shape index (κ2) is 7.68. The van der Waals surface area contributed by atoms with E-state index in [4.69, 9.17) is 9.72 Å². The number of carbonyl (C=O) groups is 1. The van der Waals surface area contributed by atoms with Gasteiger partial charge in [0, 0.05) is 11.9 Å². The fraction of sp³-hybridized carbons (Fsp3) is 0.227. The zero-order valence-electron chi connectivity index (χ0n) is 16.0. The van der Waals surface area contributed by atoms with Crippen LogP contribution in [0.2, 0.25) is 0 Å². The molecule has 0 radical (unpaired) electrons. The van der Waals surface area contributed by atoms with Gasteiger partial charge >= 0.3 is 0 Å². The van der Waals surface area contributed by atoms with Gasteiger partial charge in [0.1, 0.15) is 5.75 Å². The minimum absolute atomic E-state index is 0.0772. The van der Waals surface area contributed by atoms with Gasteiger partial charge in [0.25, 0.3) is 5.91 Å². The average molecular weight is 374 g/mol. The SMILES string of the molecule is CCCn1nc(NC(=O)COc2ccc(C)cc2)c2cc3ccccc3nc21. The highest BCUT2D eigenvalue weighted by atomic mass is 16.5. The van der Waals surface area contributed by atoms with Gasteiger partial charge < -0.3 is 10.1 Å². The zero-order valence-corrected chi connectivity index (χ0v) is 16.0. The molecule has 6 heteroatoms. The molecule has 4 aromatic rings. The molecule has 28 heavy (non-hydrogen) atoms. The van der Waals surface area contributed by atoms with Crippen LogP contribution in [0.3, 0.4) is 0 Å². The zero-order chi connectivity index (χ0) is 19.5. The van der Waals surface area contributed by atoms with Gasteiger partial charge in [-0.2, -0.15) is 5.10 Å². The number of pyridine rings is 1. The summed E-state index contributed by atoms with van der Waals surface area (Å²) in [7, 11) is 0. The van der Waals surface area contributed by atoms with Crippen LogP contribution in [0.5, 0.6) is 5.75 Å². The molecule has 0 atom stereocenters. The van der Waals surface area contributed by atoms with Gasteiger partial charge in [-0.1, -0.05) is 42.8 Å². The number of aryl methyl sites for hydroxylation is 2. The summed E-state index contributed by atoms with van der Waals surface area (Å²) >= 11 is 0. The maximum atomic E-state index is 12.4. The van der Waals surface area contributed by atoms with E-state index in [0.29, 0.717) is 11.6 Å². The van der Waals surface area contributed by atoms with E-state index in [1.807, 2.05) is 66.2 Å². The fourth-order valence-corrected chi connectivity index (χ4v) is 3.11. The molecular weight excluding hydrogens is 352 g/mol. The molecule has 1 amide bonds. The van der Waals surface area contributed by atoms with Crippen LogP contribution < -0.4 is 10.1 Å². The predicted octanol–water partition coefficient (Wildman–Crippen LogP) is 4.32. The van der Waals surface area contributed by atoms with E-state index in [2.05, 4.69) is 17.3 Å². The lowest BCUT2D eigenvalue weighted by atomic mass is 10.2. The second-order valence-electron chi connectivity index (χ2n) is 6.77. The number of rotatable bonds is 6. The Morgan fingerprint density at radius 3 is 2.71 bits per heavy atom. The fourth-order valence-electron chi connectivity index (χ4n) is 3.11. The Hall–Kier alpha value is -3.41. The molecule has 0 saturated heterocycles. The first-order valence-corrected chi connectivity index (χ1v) is 9.39. The van der Waals surface area contributed by atoms with Gasteiger partial charge in [0.2, 0.25) is 0 Å². The topological polar surface area (TPSA) is 69.0 Å². The van der Waals surface area contributed by atoms with Crippen LogP contribution >= 0.6 is 0 Å². The molecule has 0 aliphatic rings. The quantitative estimate of drug-likeness (QED) is 0.546. The number of nitrogens with one attached hydrogen (secondary N) is 1. The monoisotopic (exact) mass is 374 g/mol. The van der Waals surface area contributed by atoms with Gasteiger partial charge in [-0.25, -0.2) is 9.67 Å². The van der Waals surface area contributed by atoms with E-state index in [-0.39, 0.29) is 12.5 Å². The normalized spacial score (nSPS) is 11.1. The number of hydrogen-bond donors (Lipinski definition) is 1. The highest BCUT2D eigenvalue weighted by Gasteiger charge is 2.15. The van der Waals surface area contributed by atoms with E-state index in [0.717, 1.165) is 40.5 Å². The molecule has 2 heterocycles. The van der Waals surface area contributed by atoms with E-state index in [9.17, 15) is 4.79 Å². The standard InChI is InChI=1S/C22H22N4O2/c1-3-12-26-22-18(13-16-6-4-5-7-19(16)23-22)21(25-26)24-20(27)14-28-17-10-8-15(2)9-11-17/h4-11,13H,3,12,14H2,1-2H3,(H,24,25,27). The van der Waals surface area contributed by atoms with Crippen molar-refractivity contribution < 1.29 is 9.53 Å². The number of fused-ring (bicyclic) bond motifs is 2. The summed E-state index contributed by atoms with van der Waals surface area (Å²) < 4.78 is 7.41. The van der Waals surface area contributed by atoms with E-state index in [1.165, 1.54) is 0 Å². The molecule has 4 rings (SSSR count). The summed E-state index contributed by atoms with van der Waals surface area (Å²) in [5.41, 5.74) is 2.83. The first-order chi connectivity index (χ1) is 13.6. The van der Waals surface area contributed by atoms with Crippen molar-refractivity contribution in [3.05, 3.63) is 60.2 Å². The summed E-state index contributed by atoms with van der Waals surface area (Å²) in [5.74, 6) is 0.922. The van der Waals surface area contributed by atoms with Crippen molar-refractivity contribution in [2.24, 2.45) is 0 Å². The molecule has 142 valence electrons. The number of benzene rings is 2. The van der Waals surface area contributed by atoms with Crippen LogP contribution in [-0.4, -0.2) is 27.3 Å². The summed E-state index contributed by atoms with van der Waals surface area (Å²) in [6.07, 6.45) is 0.926. The van der Waals surface area contributed by atoms with Crippen LogP contribution in [0, 0.1) is 6.92 Å². The highest BCUT2D eigenvalue weighted by molar-refractivity contribution is 6.03. The number of carbonyl (C=O) groups excluding carboxylic acids is 1. The number of anilines is 1.